The number of benzene rings is 2. The molecule has 0 fully saturated rings. The van der Waals surface area contributed by atoms with Crippen LogP contribution in [0.15, 0.2) is 40.8 Å². The molecule has 0 aliphatic heterocycles. The van der Waals surface area contributed by atoms with Crippen molar-refractivity contribution in [3.8, 4) is 5.75 Å². The minimum Gasteiger partial charge on any atom is -0.482 e. The molecule has 0 bridgehead atoms. The van der Waals surface area contributed by atoms with Gasteiger partial charge in [-0.2, -0.15) is 0 Å². The maximum absolute atomic E-state index is 10.8. The molecule has 106 valence electrons. The maximum Gasteiger partial charge on any atom is 0.434 e. The average molecular weight is 287 g/mol. The van der Waals surface area contributed by atoms with E-state index >= 15 is 0 Å². The molecule has 0 aliphatic carbocycles. The van der Waals surface area contributed by atoms with Crippen LogP contribution in [0.3, 0.4) is 0 Å². The third kappa shape index (κ3) is 2.36. The number of fused-ring (bicyclic) bond motifs is 3. The summed E-state index contributed by atoms with van der Waals surface area (Å²) in [5, 5.41) is 21.5. The molecule has 2 aromatic carbocycles. The Labute approximate surface area is 117 Å². The summed E-state index contributed by atoms with van der Waals surface area (Å²) in [6, 6.07) is 9.81. The zero-order valence-corrected chi connectivity index (χ0v) is 10.6. The van der Waals surface area contributed by atoms with Crippen LogP contribution in [0.1, 0.15) is 0 Å². The lowest BCUT2D eigenvalue weighted by Gasteiger charge is -2.05. The number of furan rings is 1. The lowest BCUT2D eigenvalue weighted by Crippen LogP contribution is -2.09. The van der Waals surface area contributed by atoms with E-state index in [-0.39, 0.29) is 5.88 Å². The Hall–Kier alpha value is -3.09. The first-order chi connectivity index (χ1) is 10.0. The first-order valence-electron chi connectivity index (χ1n) is 6.00. The van der Waals surface area contributed by atoms with E-state index in [0.717, 1.165) is 5.39 Å². The van der Waals surface area contributed by atoms with Gasteiger partial charge in [0.25, 0.3) is 0 Å². The molecule has 7 nitrogen and oxygen atoms in total. The molecule has 0 radical (unpaired) electrons. The van der Waals surface area contributed by atoms with Gasteiger partial charge in [0.15, 0.2) is 6.61 Å². The number of rotatable bonds is 4. The van der Waals surface area contributed by atoms with Crippen molar-refractivity contribution in [3.05, 3.63) is 46.5 Å². The van der Waals surface area contributed by atoms with Crippen molar-refractivity contribution >= 4 is 33.6 Å². The molecule has 0 amide bonds. The van der Waals surface area contributed by atoms with Crippen molar-refractivity contribution in [1.82, 2.24) is 0 Å². The summed E-state index contributed by atoms with van der Waals surface area (Å²) < 4.78 is 10.3. The molecular weight excluding hydrogens is 278 g/mol. The maximum atomic E-state index is 10.8. The lowest BCUT2D eigenvalue weighted by molar-refractivity contribution is -0.401. The number of nitro groups is 1. The fourth-order valence-electron chi connectivity index (χ4n) is 2.13. The third-order valence-corrected chi connectivity index (χ3v) is 3.02. The summed E-state index contributed by atoms with van der Waals surface area (Å²) in [6.45, 7) is -0.451. The van der Waals surface area contributed by atoms with Gasteiger partial charge in [0, 0.05) is 5.39 Å². The number of carbonyl (C=O) groups is 1. The predicted molar refractivity (Wildman–Crippen MR) is 73.5 cm³/mol. The fraction of sp³-hybridized carbons (Fsp3) is 0.0714. The molecular formula is C14H9NO6. The second-order valence-electron chi connectivity index (χ2n) is 4.38. The summed E-state index contributed by atoms with van der Waals surface area (Å²) in [6.07, 6.45) is 0. The van der Waals surface area contributed by atoms with Crippen LogP contribution >= 0.6 is 0 Å². The molecule has 1 heterocycles. The highest BCUT2D eigenvalue weighted by Gasteiger charge is 2.15. The van der Waals surface area contributed by atoms with Crippen molar-refractivity contribution in [3.63, 3.8) is 0 Å². The van der Waals surface area contributed by atoms with Crippen LogP contribution in [-0.4, -0.2) is 22.6 Å². The highest BCUT2D eigenvalue weighted by Crippen LogP contribution is 2.33. The first-order valence-corrected chi connectivity index (χ1v) is 6.00. The SMILES string of the molecule is O=C(O)COc1ccc2ccc3oc([N+](=O)[O-])cc3c2c1. The number of ether oxygens (including phenoxy) is 1. The van der Waals surface area contributed by atoms with Gasteiger partial charge in [0.1, 0.15) is 16.3 Å². The van der Waals surface area contributed by atoms with Gasteiger partial charge in [0.2, 0.25) is 0 Å². The van der Waals surface area contributed by atoms with Crippen molar-refractivity contribution < 1.29 is 24.0 Å². The second kappa shape index (κ2) is 4.78. The highest BCUT2D eigenvalue weighted by atomic mass is 16.6. The van der Waals surface area contributed by atoms with Crippen molar-refractivity contribution in [2.45, 2.75) is 0 Å². The van der Waals surface area contributed by atoms with Crippen molar-refractivity contribution in [2.24, 2.45) is 0 Å². The van der Waals surface area contributed by atoms with E-state index in [9.17, 15) is 14.9 Å². The summed E-state index contributed by atoms with van der Waals surface area (Å²) in [7, 11) is 0. The number of carboxylic acids is 1. The Morgan fingerprint density at radius 1 is 1.24 bits per heavy atom. The zero-order chi connectivity index (χ0) is 15.0. The minimum atomic E-state index is -1.08. The molecule has 1 aromatic heterocycles. The van der Waals surface area contributed by atoms with Crippen LogP contribution in [0.25, 0.3) is 21.7 Å². The van der Waals surface area contributed by atoms with Crippen molar-refractivity contribution in [2.75, 3.05) is 6.61 Å². The van der Waals surface area contributed by atoms with E-state index in [1.165, 1.54) is 6.07 Å². The Bertz CT molecular complexity index is 866. The van der Waals surface area contributed by atoms with E-state index in [4.69, 9.17) is 14.3 Å². The normalized spacial score (nSPS) is 10.9. The Balaban J connectivity index is 2.14. The Morgan fingerprint density at radius 3 is 2.71 bits per heavy atom. The van der Waals surface area contributed by atoms with Crippen LogP contribution in [0.5, 0.6) is 5.75 Å². The quantitative estimate of drug-likeness (QED) is 0.584. The van der Waals surface area contributed by atoms with Gasteiger partial charge in [-0.15, -0.1) is 0 Å². The van der Waals surface area contributed by atoms with Gasteiger partial charge >= 0.3 is 11.9 Å². The van der Waals surface area contributed by atoms with Gasteiger partial charge in [-0.25, -0.2) is 4.79 Å². The second-order valence-corrected chi connectivity index (χ2v) is 4.38. The summed E-state index contributed by atoms with van der Waals surface area (Å²) in [5.41, 5.74) is 0.393. The molecule has 0 unspecified atom stereocenters. The molecule has 0 spiro atoms. The van der Waals surface area contributed by atoms with E-state index in [1.54, 1.807) is 30.3 Å². The lowest BCUT2D eigenvalue weighted by atomic mass is 10.1. The third-order valence-electron chi connectivity index (χ3n) is 3.02. The smallest absolute Gasteiger partial charge is 0.434 e. The Morgan fingerprint density at radius 2 is 2.00 bits per heavy atom. The van der Waals surface area contributed by atoms with Gasteiger partial charge in [-0.05, 0) is 29.0 Å². The van der Waals surface area contributed by atoms with Crippen molar-refractivity contribution in [1.29, 1.82) is 0 Å². The average Bonchev–Trinajstić information content (AvgIpc) is 2.89. The van der Waals surface area contributed by atoms with E-state index < -0.39 is 17.5 Å². The Kier molecular flexibility index (Phi) is 2.94. The van der Waals surface area contributed by atoms with Crippen LogP contribution in [0, 0.1) is 10.1 Å². The van der Waals surface area contributed by atoms with Crippen LogP contribution < -0.4 is 4.74 Å². The number of hydrogen-bond donors (Lipinski definition) is 1. The van der Waals surface area contributed by atoms with E-state index in [0.29, 0.717) is 22.1 Å². The van der Waals surface area contributed by atoms with Crippen LogP contribution in [-0.2, 0) is 4.79 Å². The van der Waals surface area contributed by atoms with Gasteiger partial charge in [0.05, 0.1) is 6.07 Å². The molecule has 7 heteroatoms. The van der Waals surface area contributed by atoms with Crippen LogP contribution in [0.4, 0.5) is 5.88 Å². The predicted octanol–water partition coefficient (Wildman–Crippen LogP) is 2.96. The molecule has 3 aromatic rings. The van der Waals surface area contributed by atoms with Gasteiger partial charge in [-0.3, -0.25) is 10.1 Å². The van der Waals surface area contributed by atoms with E-state index in [1.807, 2.05) is 0 Å². The first kappa shape index (κ1) is 12.9. The number of carboxylic acid groups (broad SMARTS) is 1. The van der Waals surface area contributed by atoms with E-state index in [2.05, 4.69) is 0 Å². The largest absolute Gasteiger partial charge is 0.482 e. The summed E-state index contributed by atoms with van der Waals surface area (Å²) >= 11 is 0. The van der Waals surface area contributed by atoms with Gasteiger partial charge in [-0.1, -0.05) is 12.1 Å². The minimum absolute atomic E-state index is 0.339. The molecule has 0 saturated carbocycles. The number of hydrogen-bond acceptors (Lipinski definition) is 5. The number of aliphatic carboxylic acids is 1. The summed E-state index contributed by atoms with van der Waals surface area (Å²) in [5.74, 6) is -1.04. The zero-order valence-electron chi connectivity index (χ0n) is 10.6. The standard InChI is InChI=1S/C14H9NO6/c16-14(17)7-20-9-3-1-8-2-4-12-11(10(8)5-9)6-13(21-12)15(18)19/h1-6H,7H2,(H,16,17). The fourth-order valence-corrected chi connectivity index (χ4v) is 2.13. The molecule has 1 N–H and O–H groups in total. The molecule has 0 saturated heterocycles. The van der Waals surface area contributed by atoms with Crippen LogP contribution in [0.2, 0.25) is 0 Å². The molecule has 0 aliphatic rings. The summed E-state index contributed by atoms with van der Waals surface area (Å²) in [4.78, 5) is 20.7. The highest BCUT2D eigenvalue weighted by molar-refractivity contribution is 6.07. The number of nitrogens with zero attached hydrogens (tertiary/aromatic N) is 1. The molecule has 21 heavy (non-hydrogen) atoms. The monoisotopic (exact) mass is 287 g/mol. The molecule has 3 rings (SSSR count). The van der Waals surface area contributed by atoms with Gasteiger partial charge < -0.3 is 14.3 Å². The topological polar surface area (TPSA) is 103 Å². The molecule has 0 atom stereocenters.